The van der Waals surface area contributed by atoms with E-state index in [4.69, 9.17) is 10.00 Å². The molecule has 0 radical (unpaired) electrons. The number of nitrogens with zero attached hydrogens (tertiary/aromatic N) is 1. The Balaban J connectivity index is 2.05. The molecule has 0 bridgehead atoms. The Kier molecular flexibility index (Phi) is 4.42. The lowest BCUT2D eigenvalue weighted by atomic mass is 10.1. The molecule has 0 spiro atoms. The lowest BCUT2D eigenvalue weighted by Crippen LogP contribution is -2.22. The molecule has 1 amide bonds. The van der Waals surface area contributed by atoms with Crippen LogP contribution in [0, 0.1) is 11.3 Å². The first-order valence-electron chi connectivity index (χ1n) is 6.28. The third-order valence-corrected chi connectivity index (χ3v) is 3.00. The van der Waals surface area contributed by atoms with Crippen LogP contribution in [-0.4, -0.2) is 18.1 Å². The van der Waals surface area contributed by atoms with E-state index >= 15 is 0 Å². The molecule has 2 N–H and O–H groups in total. The fraction of sp³-hybridized carbons (Fsp3) is 0.125. The minimum atomic E-state index is -0.276. The van der Waals surface area contributed by atoms with Crippen molar-refractivity contribution in [1.29, 1.82) is 5.26 Å². The van der Waals surface area contributed by atoms with Gasteiger partial charge < -0.3 is 15.2 Å². The topological polar surface area (TPSA) is 82.3 Å². The average Bonchev–Trinajstić information content (AvgIpc) is 2.54. The Morgan fingerprint density at radius 1 is 1.29 bits per heavy atom. The molecule has 0 aliphatic carbocycles. The van der Waals surface area contributed by atoms with Crippen molar-refractivity contribution in [2.75, 3.05) is 7.11 Å². The monoisotopic (exact) mass is 282 g/mol. The zero-order chi connectivity index (χ0) is 15.2. The lowest BCUT2D eigenvalue weighted by Gasteiger charge is -2.09. The molecular weight excluding hydrogens is 268 g/mol. The molecule has 0 aromatic heterocycles. The van der Waals surface area contributed by atoms with Crippen LogP contribution in [-0.2, 0) is 6.54 Å². The standard InChI is InChI=1S/C16H14N2O3/c1-21-14-6-7-15(19)13(8-14)10-18-16(20)12-4-2-11(9-17)3-5-12/h2-8,19H,10H2,1H3,(H,18,20). The van der Waals surface area contributed by atoms with Crippen LogP contribution in [0.15, 0.2) is 42.5 Å². The maximum absolute atomic E-state index is 12.0. The Hall–Kier alpha value is -3.00. The number of methoxy groups -OCH3 is 1. The molecule has 2 rings (SSSR count). The van der Waals surface area contributed by atoms with Crippen molar-refractivity contribution in [3.8, 4) is 17.6 Å². The van der Waals surface area contributed by atoms with E-state index in [1.165, 1.54) is 13.2 Å². The van der Waals surface area contributed by atoms with Crippen molar-refractivity contribution in [1.82, 2.24) is 5.32 Å². The number of nitriles is 1. The number of aromatic hydroxyl groups is 1. The summed E-state index contributed by atoms with van der Waals surface area (Å²) in [6.45, 7) is 0.182. The molecular formula is C16H14N2O3. The average molecular weight is 282 g/mol. The first-order valence-corrected chi connectivity index (χ1v) is 6.28. The van der Waals surface area contributed by atoms with Gasteiger partial charge in [0.1, 0.15) is 11.5 Å². The van der Waals surface area contributed by atoms with E-state index < -0.39 is 0 Å². The molecule has 2 aromatic rings. The van der Waals surface area contributed by atoms with Crippen LogP contribution in [0.5, 0.6) is 11.5 Å². The molecule has 0 aliphatic heterocycles. The summed E-state index contributed by atoms with van der Waals surface area (Å²) in [6.07, 6.45) is 0. The van der Waals surface area contributed by atoms with Gasteiger partial charge in [0.05, 0.1) is 18.7 Å². The van der Waals surface area contributed by atoms with Gasteiger partial charge in [-0.05, 0) is 42.5 Å². The highest BCUT2D eigenvalue weighted by atomic mass is 16.5. The zero-order valence-corrected chi connectivity index (χ0v) is 11.5. The molecule has 0 atom stereocenters. The number of phenolic OH excluding ortho intramolecular Hbond substituents is 1. The van der Waals surface area contributed by atoms with E-state index in [1.807, 2.05) is 6.07 Å². The Labute approximate surface area is 122 Å². The maximum atomic E-state index is 12.0. The molecule has 0 fully saturated rings. The van der Waals surface area contributed by atoms with Crippen LogP contribution in [0.1, 0.15) is 21.5 Å². The predicted octanol–water partition coefficient (Wildman–Crippen LogP) is 2.20. The summed E-state index contributed by atoms with van der Waals surface area (Å²) >= 11 is 0. The van der Waals surface area contributed by atoms with Crippen LogP contribution in [0.25, 0.3) is 0 Å². The fourth-order valence-electron chi connectivity index (χ4n) is 1.80. The van der Waals surface area contributed by atoms with E-state index in [0.29, 0.717) is 22.4 Å². The lowest BCUT2D eigenvalue weighted by molar-refractivity contribution is 0.0950. The quantitative estimate of drug-likeness (QED) is 0.900. The number of ether oxygens (including phenoxy) is 1. The number of nitrogens with one attached hydrogen (secondary N) is 1. The largest absolute Gasteiger partial charge is 0.508 e. The van der Waals surface area contributed by atoms with E-state index in [9.17, 15) is 9.90 Å². The Morgan fingerprint density at radius 3 is 2.62 bits per heavy atom. The van der Waals surface area contributed by atoms with Crippen molar-refractivity contribution in [3.63, 3.8) is 0 Å². The van der Waals surface area contributed by atoms with Gasteiger partial charge in [0, 0.05) is 17.7 Å². The first-order chi connectivity index (χ1) is 10.1. The highest BCUT2D eigenvalue weighted by molar-refractivity contribution is 5.94. The summed E-state index contributed by atoms with van der Waals surface area (Å²) in [5, 5.41) is 21.2. The van der Waals surface area contributed by atoms with Crippen molar-refractivity contribution in [2.45, 2.75) is 6.54 Å². The number of hydrogen-bond donors (Lipinski definition) is 2. The Bertz CT molecular complexity index is 688. The molecule has 0 heterocycles. The Morgan fingerprint density at radius 2 is 2.00 bits per heavy atom. The zero-order valence-electron chi connectivity index (χ0n) is 11.5. The number of phenols is 1. The maximum Gasteiger partial charge on any atom is 0.251 e. The molecule has 0 saturated heterocycles. The predicted molar refractivity (Wildman–Crippen MR) is 77.0 cm³/mol. The number of hydrogen-bond acceptors (Lipinski definition) is 4. The van der Waals surface area contributed by atoms with E-state index in [2.05, 4.69) is 5.32 Å². The van der Waals surface area contributed by atoms with Crippen molar-refractivity contribution >= 4 is 5.91 Å². The fourth-order valence-corrected chi connectivity index (χ4v) is 1.80. The molecule has 21 heavy (non-hydrogen) atoms. The minimum absolute atomic E-state index is 0.0935. The van der Waals surface area contributed by atoms with Gasteiger partial charge in [-0.2, -0.15) is 5.26 Å². The molecule has 0 unspecified atom stereocenters. The number of carbonyl (C=O) groups is 1. The van der Waals surface area contributed by atoms with Crippen LogP contribution in [0.4, 0.5) is 0 Å². The molecule has 106 valence electrons. The van der Waals surface area contributed by atoms with E-state index in [-0.39, 0.29) is 18.2 Å². The SMILES string of the molecule is COc1ccc(O)c(CNC(=O)c2ccc(C#N)cc2)c1. The second-order valence-corrected chi connectivity index (χ2v) is 4.37. The molecule has 5 nitrogen and oxygen atoms in total. The van der Waals surface area contributed by atoms with Crippen molar-refractivity contribution in [3.05, 3.63) is 59.2 Å². The number of amides is 1. The third-order valence-electron chi connectivity index (χ3n) is 3.00. The molecule has 2 aromatic carbocycles. The van der Waals surface area contributed by atoms with Gasteiger partial charge in [-0.1, -0.05) is 0 Å². The van der Waals surface area contributed by atoms with Gasteiger partial charge >= 0.3 is 0 Å². The summed E-state index contributed by atoms with van der Waals surface area (Å²) in [7, 11) is 1.53. The van der Waals surface area contributed by atoms with Crippen LogP contribution >= 0.6 is 0 Å². The second kappa shape index (κ2) is 6.44. The van der Waals surface area contributed by atoms with Gasteiger partial charge in [0.15, 0.2) is 0 Å². The number of benzene rings is 2. The molecule has 5 heteroatoms. The highest BCUT2D eigenvalue weighted by Gasteiger charge is 2.08. The van der Waals surface area contributed by atoms with Gasteiger partial charge in [-0.3, -0.25) is 4.79 Å². The number of rotatable bonds is 4. The second-order valence-electron chi connectivity index (χ2n) is 4.37. The minimum Gasteiger partial charge on any atom is -0.508 e. The van der Waals surface area contributed by atoms with Gasteiger partial charge in [0.25, 0.3) is 5.91 Å². The number of carbonyl (C=O) groups excluding carboxylic acids is 1. The first kappa shape index (κ1) is 14.4. The van der Waals surface area contributed by atoms with E-state index in [1.54, 1.807) is 36.4 Å². The summed E-state index contributed by atoms with van der Waals surface area (Å²) < 4.78 is 5.07. The third kappa shape index (κ3) is 3.51. The van der Waals surface area contributed by atoms with Crippen molar-refractivity contribution in [2.24, 2.45) is 0 Å². The summed E-state index contributed by atoms with van der Waals surface area (Å²) in [4.78, 5) is 12.0. The smallest absolute Gasteiger partial charge is 0.251 e. The van der Waals surface area contributed by atoms with Crippen molar-refractivity contribution < 1.29 is 14.6 Å². The highest BCUT2D eigenvalue weighted by Crippen LogP contribution is 2.22. The van der Waals surface area contributed by atoms with E-state index in [0.717, 1.165) is 0 Å². The summed E-state index contributed by atoms with van der Waals surface area (Å²) in [5.74, 6) is 0.424. The normalized spacial score (nSPS) is 9.71. The van der Waals surface area contributed by atoms with Gasteiger partial charge in [-0.25, -0.2) is 0 Å². The van der Waals surface area contributed by atoms with Crippen LogP contribution in [0.2, 0.25) is 0 Å². The van der Waals surface area contributed by atoms with Crippen LogP contribution < -0.4 is 10.1 Å². The summed E-state index contributed by atoms with van der Waals surface area (Å²) in [6, 6.07) is 13.1. The summed E-state index contributed by atoms with van der Waals surface area (Å²) in [5.41, 5.74) is 1.52. The van der Waals surface area contributed by atoms with Gasteiger partial charge in [0.2, 0.25) is 0 Å². The van der Waals surface area contributed by atoms with Crippen LogP contribution in [0.3, 0.4) is 0 Å². The molecule has 0 aliphatic rings. The van der Waals surface area contributed by atoms with Gasteiger partial charge in [-0.15, -0.1) is 0 Å². The molecule has 0 saturated carbocycles.